The van der Waals surface area contributed by atoms with Gasteiger partial charge in [-0.25, -0.2) is 4.98 Å². The number of imidazole rings is 1. The summed E-state index contributed by atoms with van der Waals surface area (Å²) in [4.78, 5) is 26.9. The topological polar surface area (TPSA) is 108 Å². The van der Waals surface area contributed by atoms with Crippen LogP contribution in [-0.4, -0.2) is 24.3 Å². The second-order valence-electron chi connectivity index (χ2n) is 6.35. The van der Waals surface area contributed by atoms with Crippen LogP contribution in [0.4, 0.5) is 11.4 Å². The van der Waals surface area contributed by atoms with Gasteiger partial charge in [-0.1, -0.05) is 23.7 Å². The fourth-order valence-electron chi connectivity index (χ4n) is 2.85. The summed E-state index contributed by atoms with van der Waals surface area (Å²) in [5.41, 5.74) is 2.17. The lowest BCUT2D eigenvalue weighted by atomic mass is 10.2. The molecule has 0 aliphatic rings. The molecule has 4 rings (SSSR count). The standard InChI is InChI=1S/C20H15ClN6O3/c21-19-18(23-11-14-1-3-15(4-2-14)25-10-9-22-13-25)12-24-26(20(19)28)16-5-7-17(8-6-16)27(29)30/h1-10,12-13,23H,11H2. The highest BCUT2D eigenvalue weighted by Gasteiger charge is 2.12. The predicted octanol–water partition coefficient (Wildman–Crippen LogP) is 3.59. The molecule has 2 aromatic carbocycles. The molecule has 1 N–H and O–H groups in total. The van der Waals surface area contributed by atoms with E-state index in [1.54, 1.807) is 12.5 Å². The van der Waals surface area contributed by atoms with Gasteiger partial charge in [-0.2, -0.15) is 9.78 Å². The van der Waals surface area contributed by atoms with Gasteiger partial charge in [-0.15, -0.1) is 0 Å². The average molecular weight is 423 g/mol. The van der Waals surface area contributed by atoms with Gasteiger partial charge in [0.25, 0.3) is 11.2 Å². The number of nitrogens with zero attached hydrogens (tertiary/aromatic N) is 5. The van der Waals surface area contributed by atoms with E-state index >= 15 is 0 Å². The number of non-ortho nitro benzene ring substituents is 1. The lowest BCUT2D eigenvalue weighted by molar-refractivity contribution is -0.384. The summed E-state index contributed by atoms with van der Waals surface area (Å²) in [5.74, 6) is 0. The van der Waals surface area contributed by atoms with Crippen LogP contribution < -0.4 is 10.9 Å². The Morgan fingerprint density at radius 3 is 2.40 bits per heavy atom. The van der Waals surface area contributed by atoms with E-state index in [2.05, 4.69) is 15.4 Å². The van der Waals surface area contributed by atoms with E-state index < -0.39 is 10.5 Å². The van der Waals surface area contributed by atoms with E-state index in [0.717, 1.165) is 15.9 Å². The molecular weight excluding hydrogens is 408 g/mol. The Bertz CT molecular complexity index is 1240. The molecule has 0 aliphatic heterocycles. The molecule has 150 valence electrons. The second kappa shape index (κ2) is 8.18. The molecule has 0 bridgehead atoms. The highest BCUT2D eigenvalue weighted by molar-refractivity contribution is 6.32. The molecule has 30 heavy (non-hydrogen) atoms. The fraction of sp³-hybridized carbons (Fsp3) is 0.0500. The summed E-state index contributed by atoms with van der Waals surface area (Å²) >= 11 is 6.23. The van der Waals surface area contributed by atoms with E-state index in [9.17, 15) is 14.9 Å². The van der Waals surface area contributed by atoms with Crippen molar-refractivity contribution in [2.24, 2.45) is 0 Å². The normalized spacial score (nSPS) is 10.7. The number of hydrogen-bond donors (Lipinski definition) is 1. The molecule has 2 heterocycles. The van der Waals surface area contributed by atoms with Gasteiger partial charge in [0.15, 0.2) is 0 Å². The van der Waals surface area contributed by atoms with Crippen molar-refractivity contribution in [2.45, 2.75) is 6.54 Å². The highest BCUT2D eigenvalue weighted by Crippen LogP contribution is 2.19. The lowest BCUT2D eigenvalue weighted by Gasteiger charge is -2.11. The van der Waals surface area contributed by atoms with Gasteiger partial charge >= 0.3 is 0 Å². The Balaban J connectivity index is 1.49. The molecule has 0 radical (unpaired) electrons. The summed E-state index contributed by atoms with van der Waals surface area (Å²) in [6.07, 6.45) is 6.74. The first-order chi connectivity index (χ1) is 14.5. The van der Waals surface area contributed by atoms with E-state index in [0.29, 0.717) is 17.9 Å². The Kier molecular flexibility index (Phi) is 5.27. The summed E-state index contributed by atoms with van der Waals surface area (Å²) in [6, 6.07) is 13.3. The molecule has 0 spiro atoms. The van der Waals surface area contributed by atoms with Gasteiger partial charge in [0, 0.05) is 36.8 Å². The van der Waals surface area contributed by atoms with Crippen LogP contribution in [0.2, 0.25) is 5.02 Å². The van der Waals surface area contributed by atoms with Crippen molar-refractivity contribution in [1.82, 2.24) is 19.3 Å². The van der Waals surface area contributed by atoms with Crippen LogP contribution in [0.1, 0.15) is 5.56 Å². The third kappa shape index (κ3) is 3.91. The molecule has 10 heteroatoms. The van der Waals surface area contributed by atoms with E-state index in [1.165, 1.54) is 30.5 Å². The predicted molar refractivity (Wildman–Crippen MR) is 112 cm³/mol. The van der Waals surface area contributed by atoms with Gasteiger partial charge in [0.1, 0.15) is 5.02 Å². The van der Waals surface area contributed by atoms with Crippen LogP contribution in [0.15, 0.2) is 78.2 Å². The Morgan fingerprint density at radius 2 is 1.77 bits per heavy atom. The number of rotatable bonds is 6. The summed E-state index contributed by atoms with van der Waals surface area (Å²) < 4.78 is 2.99. The highest BCUT2D eigenvalue weighted by atomic mass is 35.5. The van der Waals surface area contributed by atoms with Crippen molar-refractivity contribution in [3.8, 4) is 11.4 Å². The maximum atomic E-state index is 12.6. The molecule has 9 nitrogen and oxygen atoms in total. The SMILES string of the molecule is O=c1c(Cl)c(NCc2ccc(-n3ccnc3)cc2)cnn1-c1ccc([N+](=O)[O-])cc1. The van der Waals surface area contributed by atoms with Crippen molar-refractivity contribution >= 4 is 23.0 Å². The quantitative estimate of drug-likeness (QED) is 0.375. The Hall–Kier alpha value is -3.98. The molecule has 4 aromatic rings. The Labute approximate surface area is 175 Å². The van der Waals surface area contributed by atoms with Gasteiger partial charge in [0.05, 0.1) is 28.8 Å². The van der Waals surface area contributed by atoms with Crippen LogP contribution in [-0.2, 0) is 6.54 Å². The number of nitro benzene ring substituents is 1. The molecule has 0 saturated heterocycles. The number of nitrogens with one attached hydrogen (secondary N) is 1. The van der Waals surface area contributed by atoms with E-state index in [-0.39, 0.29) is 10.7 Å². The third-order valence-corrected chi connectivity index (χ3v) is 4.81. The molecule has 0 atom stereocenters. The molecule has 0 amide bonds. The van der Waals surface area contributed by atoms with Crippen LogP contribution in [0.5, 0.6) is 0 Å². The van der Waals surface area contributed by atoms with E-state index in [1.807, 2.05) is 35.0 Å². The number of halogens is 1. The molecule has 0 aliphatic carbocycles. The zero-order chi connectivity index (χ0) is 21.1. The van der Waals surface area contributed by atoms with Crippen molar-refractivity contribution in [3.63, 3.8) is 0 Å². The fourth-order valence-corrected chi connectivity index (χ4v) is 3.05. The second-order valence-corrected chi connectivity index (χ2v) is 6.73. The number of aromatic nitrogens is 4. The van der Waals surface area contributed by atoms with Gasteiger partial charge in [-0.3, -0.25) is 14.9 Å². The molecular formula is C20H15ClN6O3. The minimum atomic E-state index is -0.522. The van der Waals surface area contributed by atoms with Crippen molar-refractivity contribution in [1.29, 1.82) is 0 Å². The molecule has 2 aromatic heterocycles. The zero-order valence-electron chi connectivity index (χ0n) is 15.5. The number of anilines is 1. The van der Waals surface area contributed by atoms with Gasteiger partial charge in [-0.05, 0) is 29.8 Å². The lowest BCUT2D eigenvalue weighted by Crippen LogP contribution is -2.22. The maximum absolute atomic E-state index is 12.6. The van der Waals surface area contributed by atoms with Crippen LogP contribution in [0.25, 0.3) is 11.4 Å². The minimum absolute atomic E-state index is 0.0154. The monoisotopic (exact) mass is 422 g/mol. The number of benzene rings is 2. The van der Waals surface area contributed by atoms with Crippen LogP contribution >= 0.6 is 11.6 Å². The van der Waals surface area contributed by atoms with Crippen molar-refractivity contribution in [3.05, 3.63) is 105 Å². The van der Waals surface area contributed by atoms with Crippen molar-refractivity contribution < 1.29 is 4.92 Å². The first-order valence-electron chi connectivity index (χ1n) is 8.87. The zero-order valence-corrected chi connectivity index (χ0v) is 16.2. The molecule has 0 fully saturated rings. The van der Waals surface area contributed by atoms with Crippen LogP contribution in [0.3, 0.4) is 0 Å². The first kappa shape index (κ1) is 19.3. The van der Waals surface area contributed by atoms with E-state index in [4.69, 9.17) is 11.6 Å². The number of nitro groups is 1. The van der Waals surface area contributed by atoms with Gasteiger partial charge < -0.3 is 9.88 Å². The summed E-state index contributed by atoms with van der Waals surface area (Å²) in [6.45, 7) is 0.451. The van der Waals surface area contributed by atoms with Crippen molar-refractivity contribution in [2.75, 3.05) is 5.32 Å². The van der Waals surface area contributed by atoms with Gasteiger partial charge in [0.2, 0.25) is 0 Å². The third-order valence-electron chi connectivity index (χ3n) is 4.45. The number of hydrogen-bond acceptors (Lipinski definition) is 6. The smallest absolute Gasteiger partial charge is 0.292 e. The largest absolute Gasteiger partial charge is 0.378 e. The summed E-state index contributed by atoms with van der Waals surface area (Å²) in [5, 5.41) is 18.0. The Morgan fingerprint density at radius 1 is 1.07 bits per heavy atom. The van der Waals surface area contributed by atoms with Crippen LogP contribution in [0, 0.1) is 10.1 Å². The maximum Gasteiger partial charge on any atom is 0.292 e. The summed E-state index contributed by atoms with van der Waals surface area (Å²) in [7, 11) is 0. The first-order valence-corrected chi connectivity index (χ1v) is 9.24. The molecule has 0 unspecified atom stereocenters. The average Bonchev–Trinajstić information content (AvgIpc) is 3.30. The molecule has 0 saturated carbocycles. The minimum Gasteiger partial charge on any atom is -0.378 e.